The van der Waals surface area contributed by atoms with Gasteiger partial charge in [0.1, 0.15) is 4.90 Å². The number of hydrogen-bond acceptors (Lipinski definition) is 4. The molecule has 0 aromatic heterocycles. The Morgan fingerprint density at radius 3 is 2.36 bits per heavy atom. The molecule has 0 aliphatic rings. The van der Waals surface area contributed by atoms with Gasteiger partial charge in [-0.25, -0.2) is 21.6 Å². The number of benzene rings is 2. The van der Waals surface area contributed by atoms with Crippen molar-refractivity contribution in [2.75, 3.05) is 11.3 Å². The average Bonchev–Trinajstić information content (AvgIpc) is 2.55. The summed E-state index contributed by atoms with van der Waals surface area (Å²) in [5.74, 6) is 0. The number of rotatable bonds is 8. The molecule has 25 heavy (non-hydrogen) atoms. The Morgan fingerprint density at radius 2 is 1.68 bits per heavy atom. The fourth-order valence-electron chi connectivity index (χ4n) is 2.07. The highest BCUT2D eigenvalue weighted by atomic mass is 79.9. The van der Waals surface area contributed by atoms with Crippen LogP contribution in [0, 0.1) is 0 Å². The first-order chi connectivity index (χ1) is 11.8. The van der Waals surface area contributed by atoms with Crippen LogP contribution in [0.1, 0.15) is 19.8 Å². The number of sulfonamides is 2. The molecule has 0 radical (unpaired) electrons. The molecule has 0 saturated carbocycles. The molecule has 0 atom stereocenters. The number of hydrogen-bond donors (Lipinski definition) is 2. The summed E-state index contributed by atoms with van der Waals surface area (Å²) in [5, 5.41) is 0. The van der Waals surface area contributed by atoms with Crippen LogP contribution in [0.15, 0.2) is 62.8 Å². The molecule has 0 saturated heterocycles. The number of unbranched alkanes of at least 4 members (excludes halogenated alkanes) is 1. The maximum absolute atomic E-state index is 12.5. The molecule has 2 N–H and O–H groups in total. The normalized spacial score (nSPS) is 12.1. The van der Waals surface area contributed by atoms with Crippen molar-refractivity contribution in [1.82, 2.24) is 4.72 Å². The van der Waals surface area contributed by atoms with Crippen molar-refractivity contribution in [3.8, 4) is 0 Å². The highest BCUT2D eigenvalue weighted by Gasteiger charge is 2.19. The molecule has 0 aliphatic heterocycles. The van der Waals surface area contributed by atoms with E-state index in [0.717, 1.165) is 12.8 Å². The van der Waals surface area contributed by atoms with Gasteiger partial charge in [0.15, 0.2) is 0 Å². The lowest BCUT2D eigenvalue weighted by Gasteiger charge is -2.11. The van der Waals surface area contributed by atoms with E-state index in [1.807, 2.05) is 6.92 Å². The van der Waals surface area contributed by atoms with Crippen LogP contribution in [0.2, 0.25) is 0 Å². The Morgan fingerprint density at radius 1 is 0.960 bits per heavy atom. The van der Waals surface area contributed by atoms with E-state index < -0.39 is 20.0 Å². The molecule has 0 bridgehead atoms. The second kappa shape index (κ2) is 8.31. The van der Waals surface area contributed by atoms with E-state index in [1.165, 1.54) is 30.3 Å². The zero-order valence-corrected chi connectivity index (χ0v) is 16.8. The van der Waals surface area contributed by atoms with Crippen molar-refractivity contribution in [3.63, 3.8) is 0 Å². The summed E-state index contributed by atoms with van der Waals surface area (Å²) in [6.07, 6.45) is 1.60. The van der Waals surface area contributed by atoms with Crippen LogP contribution in [0.4, 0.5) is 5.69 Å². The summed E-state index contributed by atoms with van der Waals surface area (Å²) >= 11 is 3.20. The van der Waals surface area contributed by atoms with Gasteiger partial charge in [-0.2, -0.15) is 0 Å². The monoisotopic (exact) mass is 446 g/mol. The molecular weight excluding hydrogens is 428 g/mol. The summed E-state index contributed by atoms with van der Waals surface area (Å²) in [4.78, 5) is 0.0836. The highest BCUT2D eigenvalue weighted by Crippen LogP contribution is 2.24. The second-order valence-corrected chi connectivity index (χ2v) is 9.59. The molecule has 6 nitrogen and oxygen atoms in total. The molecule has 0 aliphatic carbocycles. The van der Waals surface area contributed by atoms with Crippen molar-refractivity contribution in [3.05, 3.63) is 53.0 Å². The minimum absolute atomic E-state index is 0.0101. The molecule has 136 valence electrons. The Labute approximate surface area is 156 Å². The topological polar surface area (TPSA) is 92.3 Å². The van der Waals surface area contributed by atoms with Gasteiger partial charge in [0, 0.05) is 11.0 Å². The second-order valence-electron chi connectivity index (χ2n) is 5.32. The molecule has 0 unspecified atom stereocenters. The van der Waals surface area contributed by atoms with Gasteiger partial charge >= 0.3 is 0 Å². The fraction of sp³-hybridized carbons (Fsp3) is 0.250. The van der Waals surface area contributed by atoms with Crippen LogP contribution in [0.25, 0.3) is 0 Å². The van der Waals surface area contributed by atoms with Crippen LogP contribution in [0.3, 0.4) is 0 Å². The van der Waals surface area contributed by atoms with Gasteiger partial charge in [-0.15, -0.1) is 0 Å². The molecule has 2 aromatic rings. The summed E-state index contributed by atoms with van der Waals surface area (Å²) in [5.41, 5.74) is 0.175. The summed E-state index contributed by atoms with van der Waals surface area (Å²) < 4.78 is 54.8. The van der Waals surface area contributed by atoms with E-state index in [4.69, 9.17) is 0 Å². The van der Waals surface area contributed by atoms with E-state index in [9.17, 15) is 16.8 Å². The largest absolute Gasteiger partial charge is 0.280 e. The summed E-state index contributed by atoms with van der Waals surface area (Å²) in [6.45, 7) is 2.30. The molecule has 0 fully saturated rings. The summed E-state index contributed by atoms with van der Waals surface area (Å²) in [6, 6.07) is 12.1. The van der Waals surface area contributed by atoms with Crippen molar-refractivity contribution < 1.29 is 16.8 Å². The van der Waals surface area contributed by atoms with E-state index >= 15 is 0 Å². The Kier molecular flexibility index (Phi) is 6.61. The first-order valence-corrected chi connectivity index (χ1v) is 11.4. The Hall–Kier alpha value is -1.42. The van der Waals surface area contributed by atoms with Crippen molar-refractivity contribution in [2.24, 2.45) is 0 Å². The van der Waals surface area contributed by atoms with E-state index in [1.54, 1.807) is 18.2 Å². The molecule has 9 heteroatoms. The van der Waals surface area contributed by atoms with Gasteiger partial charge in [0.25, 0.3) is 10.0 Å². The van der Waals surface area contributed by atoms with Crippen LogP contribution in [-0.2, 0) is 20.0 Å². The number of anilines is 1. The van der Waals surface area contributed by atoms with Crippen LogP contribution < -0.4 is 9.44 Å². The first kappa shape index (κ1) is 19.9. The highest BCUT2D eigenvalue weighted by molar-refractivity contribution is 9.10. The SMILES string of the molecule is CCCCNS(=O)(=O)c1cccc(NS(=O)(=O)c2ccccc2Br)c1. The van der Waals surface area contributed by atoms with Crippen LogP contribution in [-0.4, -0.2) is 23.4 Å². The maximum atomic E-state index is 12.5. The smallest absolute Gasteiger partial charge is 0.263 e. The lowest BCUT2D eigenvalue weighted by atomic mass is 10.3. The van der Waals surface area contributed by atoms with Crippen molar-refractivity contribution >= 4 is 41.7 Å². The lowest BCUT2D eigenvalue weighted by Crippen LogP contribution is -2.24. The average molecular weight is 447 g/mol. The Balaban J connectivity index is 2.26. The predicted molar refractivity (Wildman–Crippen MR) is 101 cm³/mol. The van der Waals surface area contributed by atoms with Gasteiger partial charge in [-0.1, -0.05) is 31.5 Å². The maximum Gasteiger partial charge on any atom is 0.263 e. The molecule has 2 aromatic carbocycles. The third-order valence-corrected chi connectivity index (χ3v) is 7.20. The third-order valence-electron chi connectivity index (χ3n) is 3.35. The van der Waals surface area contributed by atoms with Gasteiger partial charge in [-0.05, 0) is 52.7 Å². The van der Waals surface area contributed by atoms with Gasteiger partial charge < -0.3 is 0 Å². The molecule has 0 amide bonds. The van der Waals surface area contributed by atoms with Crippen molar-refractivity contribution in [2.45, 2.75) is 29.6 Å². The fourth-order valence-corrected chi connectivity index (χ4v) is 5.24. The van der Waals surface area contributed by atoms with Gasteiger partial charge in [0.05, 0.1) is 10.6 Å². The van der Waals surface area contributed by atoms with E-state index in [2.05, 4.69) is 25.4 Å². The first-order valence-electron chi connectivity index (χ1n) is 7.63. The van der Waals surface area contributed by atoms with Crippen LogP contribution in [0.5, 0.6) is 0 Å². The summed E-state index contributed by atoms with van der Waals surface area (Å²) in [7, 11) is -7.52. The molecule has 0 spiro atoms. The predicted octanol–water partition coefficient (Wildman–Crippen LogP) is 3.33. The molecule has 2 rings (SSSR count). The minimum atomic E-state index is -3.84. The van der Waals surface area contributed by atoms with Gasteiger partial charge in [-0.3, -0.25) is 4.72 Å². The zero-order valence-electron chi connectivity index (χ0n) is 13.6. The molecular formula is C16H19BrN2O4S2. The van der Waals surface area contributed by atoms with E-state index in [0.29, 0.717) is 11.0 Å². The zero-order chi connectivity index (χ0) is 18.5. The van der Waals surface area contributed by atoms with Crippen molar-refractivity contribution in [1.29, 1.82) is 0 Å². The van der Waals surface area contributed by atoms with Gasteiger partial charge in [0.2, 0.25) is 10.0 Å². The third kappa shape index (κ3) is 5.27. The number of nitrogens with one attached hydrogen (secondary N) is 2. The van der Waals surface area contributed by atoms with E-state index in [-0.39, 0.29) is 15.5 Å². The quantitative estimate of drug-likeness (QED) is 0.608. The number of halogens is 1. The minimum Gasteiger partial charge on any atom is -0.280 e. The lowest BCUT2D eigenvalue weighted by molar-refractivity contribution is 0.578. The van der Waals surface area contributed by atoms with Crippen LogP contribution >= 0.6 is 15.9 Å². The molecule has 0 heterocycles. The Bertz CT molecular complexity index is 944. The standard InChI is InChI=1S/C16H19BrN2O4S2/c1-2-3-11-18-24(20,21)14-8-6-7-13(12-14)19-25(22,23)16-10-5-4-9-15(16)17/h4-10,12,18-19H,2-3,11H2,1H3.